The summed E-state index contributed by atoms with van der Waals surface area (Å²) in [5.74, 6) is -0.722. The van der Waals surface area contributed by atoms with Crippen LogP contribution in [0.15, 0.2) is 0 Å². The summed E-state index contributed by atoms with van der Waals surface area (Å²) in [5.41, 5.74) is 0. The van der Waals surface area contributed by atoms with Gasteiger partial charge in [-0.2, -0.15) is 0 Å². The van der Waals surface area contributed by atoms with Crippen LogP contribution in [0.3, 0.4) is 0 Å². The first-order valence-corrected chi connectivity index (χ1v) is 7.75. The number of aliphatic hydroxyl groups excluding tert-OH is 3. The van der Waals surface area contributed by atoms with E-state index < -0.39 is 24.8 Å². The van der Waals surface area contributed by atoms with Gasteiger partial charge in [0.15, 0.2) is 6.10 Å². The van der Waals surface area contributed by atoms with Crippen LogP contribution >= 0.6 is 0 Å². The van der Waals surface area contributed by atoms with Crippen molar-refractivity contribution in [3.05, 3.63) is 0 Å². The molecule has 0 saturated heterocycles. The number of hydrogen-bond acceptors (Lipinski definition) is 5. The van der Waals surface area contributed by atoms with Crippen LogP contribution in [0.1, 0.15) is 64.7 Å². The van der Waals surface area contributed by atoms with Crippen LogP contribution in [-0.4, -0.2) is 46.7 Å². The summed E-state index contributed by atoms with van der Waals surface area (Å²) in [7, 11) is 0. The molecule has 0 rings (SSSR count). The minimum atomic E-state index is -1.12. The fourth-order valence-electron chi connectivity index (χ4n) is 1.92. The van der Waals surface area contributed by atoms with Gasteiger partial charge in [0, 0.05) is 0 Å². The van der Waals surface area contributed by atoms with E-state index in [1.807, 2.05) is 0 Å². The van der Waals surface area contributed by atoms with Gasteiger partial charge in [-0.3, -0.25) is 0 Å². The molecule has 0 aliphatic carbocycles. The molecule has 0 amide bonds. The second-order valence-corrected chi connectivity index (χ2v) is 5.25. The Hall–Kier alpha value is -0.650. The third-order valence-electron chi connectivity index (χ3n) is 3.23. The maximum atomic E-state index is 11.3. The zero-order valence-corrected chi connectivity index (χ0v) is 12.6. The third-order valence-corrected chi connectivity index (χ3v) is 3.23. The Kier molecular flexibility index (Phi) is 12.9. The van der Waals surface area contributed by atoms with E-state index in [0.717, 1.165) is 19.3 Å². The van der Waals surface area contributed by atoms with Crippen LogP contribution in [-0.2, 0) is 9.53 Å². The lowest BCUT2D eigenvalue weighted by atomic mass is 10.1. The number of aliphatic hydroxyl groups is 3. The molecule has 0 aliphatic heterocycles. The molecule has 0 saturated carbocycles. The topological polar surface area (TPSA) is 87.0 Å². The third kappa shape index (κ3) is 11.2. The van der Waals surface area contributed by atoms with Gasteiger partial charge in [0.25, 0.3) is 0 Å². The molecule has 120 valence electrons. The summed E-state index contributed by atoms with van der Waals surface area (Å²) in [6, 6.07) is 0. The largest absolute Gasteiger partial charge is 0.461 e. The van der Waals surface area contributed by atoms with Crippen LogP contribution < -0.4 is 0 Å². The monoisotopic (exact) mass is 290 g/mol. The number of carbonyl (C=O) groups is 1. The molecule has 0 bridgehead atoms. The van der Waals surface area contributed by atoms with E-state index >= 15 is 0 Å². The standard InChI is InChI=1S/C15H30O5/c1-2-3-4-5-6-7-8-9-10-14(18)15(19)20-12-13(17)11-16/h13-14,16-18H,2-12H2,1H3. The van der Waals surface area contributed by atoms with Crippen molar-refractivity contribution >= 4 is 5.97 Å². The van der Waals surface area contributed by atoms with Gasteiger partial charge < -0.3 is 20.1 Å². The van der Waals surface area contributed by atoms with Gasteiger partial charge in [0.1, 0.15) is 12.7 Å². The van der Waals surface area contributed by atoms with E-state index in [9.17, 15) is 9.90 Å². The highest BCUT2D eigenvalue weighted by atomic mass is 16.6. The normalized spacial score (nSPS) is 14.0. The van der Waals surface area contributed by atoms with Crippen molar-refractivity contribution in [2.24, 2.45) is 0 Å². The van der Waals surface area contributed by atoms with Crippen molar-refractivity contribution in [2.75, 3.05) is 13.2 Å². The lowest BCUT2D eigenvalue weighted by Gasteiger charge is -2.12. The minimum Gasteiger partial charge on any atom is -0.461 e. The summed E-state index contributed by atoms with van der Waals surface area (Å²) in [6.45, 7) is 1.46. The molecule has 5 heteroatoms. The van der Waals surface area contributed by atoms with Gasteiger partial charge in [0.05, 0.1) is 6.61 Å². The Labute approximate surface area is 122 Å². The lowest BCUT2D eigenvalue weighted by Crippen LogP contribution is -2.28. The fraction of sp³-hybridized carbons (Fsp3) is 0.933. The zero-order chi connectivity index (χ0) is 15.2. The first kappa shape index (κ1) is 19.4. The highest BCUT2D eigenvalue weighted by molar-refractivity contribution is 5.74. The molecule has 0 heterocycles. The molecule has 0 spiro atoms. The van der Waals surface area contributed by atoms with Crippen molar-refractivity contribution in [1.82, 2.24) is 0 Å². The highest BCUT2D eigenvalue weighted by Gasteiger charge is 2.17. The van der Waals surface area contributed by atoms with E-state index in [-0.39, 0.29) is 6.61 Å². The number of hydrogen-bond donors (Lipinski definition) is 3. The van der Waals surface area contributed by atoms with E-state index in [0.29, 0.717) is 6.42 Å². The second-order valence-electron chi connectivity index (χ2n) is 5.25. The summed E-state index contributed by atoms with van der Waals surface area (Å²) in [4.78, 5) is 11.3. The minimum absolute atomic E-state index is 0.274. The van der Waals surface area contributed by atoms with Crippen LogP contribution in [0, 0.1) is 0 Å². The predicted octanol–water partition coefficient (Wildman–Crippen LogP) is 1.77. The molecule has 0 aromatic carbocycles. The molecular weight excluding hydrogens is 260 g/mol. The average Bonchev–Trinajstić information content (AvgIpc) is 2.46. The Bertz CT molecular complexity index is 232. The second kappa shape index (κ2) is 13.3. The number of rotatable bonds is 13. The van der Waals surface area contributed by atoms with E-state index in [1.54, 1.807) is 0 Å². The number of ether oxygens (including phenoxy) is 1. The van der Waals surface area contributed by atoms with Crippen molar-refractivity contribution in [3.8, 4) is 0 Å². The van der Waals surface area contributed by atoms with Crippen molar-refractivity contribution in [3.63, 3.8) is 0 Å². The first-order chi connectivity index (χ1) is 9.61. The zero-order valence-electron chi connectivity index (χ0n) is 12.6. The van der Waals surface area contributed by atoms with Gasteiger partial charge in [-0.1, -0.05) is 58.3 Å². The van der Waals surface area contributed by atoms with Crippen LogP contribution in [0.4, 0.5) is 0 Å². The Morgan fingerprint density at radius 3 is 2.10 bits per heavy atom. The SMILES string of the molecule is CCCCCCCCCCC(O)C(=O)OCC(O)CO. The van der Waals surface area contributed by atoms with Gasteiger partial charge in [-0.15, -0.1) is 0 Å². The molecule has 2 atom stereocenters. The smallest absolute Gasteiger partial charge is 0.335 e. The molecule has 5 nitrogen and oxygen atoms in total. The number of carbonyl (C=O) groups excluding carboxylic acids is 1. The number of unbranched alkanes of at least 4 members (excludes halogenated alkanes) is 7. The van der Waals surface area contributed by atoms with Gasteiger partial charge in [-0.05, 0) is 6.42 Å². The highest BCUT2D eigenvalue weighted by Crippen LogP contribution is 2.11. The molecule has 0 aromatic rings. The molecule has 0 aromatic heterocycles. The average molecular weight is 290 g/mol. The molecule has 0 fully saturated rings. The van der Waals surface area contributed by atoms with Crippen molar-refractivity contribution < 1.29 is 24.9 Å². The van der Waals surface area contributed by atoms with Crippen molar-refractivity contribution in [1.29, 1.82) is 0 Å². The van der Waals surface area contributed by atoms with Crippen molar-refractivity contribution in [2.45, 2.75) is 76.9 Å². The molecular formula is C15H30O5. The molecule has 0 radical (unpaired) electrons. The summed E-state index contributed by atoms with van der Waals surface area (Å²) >= 11 is 0. The van der Waals surface area contributed by atoms with Crippen LogP contribution in [0.5, 0.6) is 0 Å². The summed E-state index contributed by atoms with van der Waals surface area (Å²) < 4.78 is 4.68. The summed E-state index contributed by atoms with van der Waals surface area (Å²) in [6.07, 6.45) is 7.44. The quantitative estimate of drug-likeness (QED) is 0.355. The molecule has 0 aliphatic rings. The summed E-state index contributed by atoms with van der Waals surface area (Å²) in [5, 5.41) is 27.1. The van der Waals surface area contributed by atoms with E-state index in [4.69, 9.17) is 10.2 Å². The predicted molar refractivity (Wildman–Crippen MR) is 77.3 cm³/mol. The van der Waals surface area contributed by atoms with Gasteiger partial charge in [0.2, 0.25) is 0 Å². The Morgan fingerprint density at radius 2 is 1.55 bits per heavy atom. The first-order valence-electron chi connectivity index (χ1n) is 7.75. The fourth-order valence-corrected chi connectivity index (χ4v) is 1.92. The molecule has 20 heavy (non-hydrogen) atoms. The van der Waals surface area contributed by atoms with Gasteiger partial charge in [-0.25, -0.2) is 4.79 Å². The lowest BCUT2D eigenvalue weighted by molar-refractivity contribution is -0.157. The Balaban J connectivity index is 3.43. The number of esters is 1. The van der Waals surface area contributed by atoms with Crippen LogP contribution in [0.2, 0.25) is 0 Å². The van der Waals surface area contributed by atoms with Gasteiger partial charge >= 0.3 is 5.97 Å². The molecule has 2 unspecified atom stereocenters. The Morgan fingerprint density at radius 1 is 1.00 bits per heavy atom. The molecule has 3 N–H and O–H groups in total. The van der Waals surface area contributed by atoms with Crippen LogP contribution in [0.25, 0.3) is 0 Å². The van der Waals surface area contributed by atoms with E-state index in [1.165, 1.54) is 32.1 Å². The maximum Gasteiger partial charge on any atom is 0.335 e. The maximum absolute atomic E-state index is 11.3. The van der Waals surface area contributed by atoms with E-state index in [2.05, 4.69) is 11.7 Å².